The zero-order valence-corrected chi connectivity index (χ0v) is 8.27. The van der Waals surface area contributed by atoms with Gasteiger partial charge in [0.25, 0.3) is 6.43 Å². The molecule has 2 nitrogen and oxygen atoms in total. The molecule has 0 aromatic heterocycles. The fourth-order valence-electron chi connectivity index (χ4n) is 1.16. The zero-order valence-electron chi connectivity index (χ0n) is 8.27. The van der Waals surface area contributed by atoms with Gasteiger partial charge < -0.3 is 4.74 Å². The Hall–Kier alpha value is -1.59. The van der Waals surface area contributed by atoms with E-state index < -0.39 is 35.2 Å². The van der Waals surface area contributed by atoms with Gasteiger partial charge in [-0.25, -0.2) is 22.4 Å². The standard InChI is InChI=1S/C10H8F4O2/c1-2-16-10(15)7-5(9(13)14)3-4-6(11)8(7)12/h3-4,9H,2H2,1H3. The van der Waals surface area contributed by atoms with Crippen molar-refractivity contribution in [2.45, 2.75) is 13.3 Å². The van der Waals surface area contributed by atoms with Crippen LogP contribution in [0.1, 0.15) is 29.3 Å². The van der Waals surface area contributed by atoms with Crippen LogP contribution in [0.4, 0.5) is 17.6 Å². The molecule has 1 aromatic rings. The highest BCUT2D eigenvalue weighted by atomic mass is 19.3. The molecule has 0 amide bonds. The molecule has 0 fully saturated rings. The minimum absolute atomic E-state index is 0.114. The van der Waals surface area contributed by atoms with Crippen molar-refractivity contribution in [3.05, 3.63) is 34.9 Å². The maximum Gasteiger partial charge on any atom is 0.341 e. The van der Waals surface area contributed by atoms with Crippen molar-refractivity contribution in [3.63, 3.8) is 0 Å². The zero-order chi connectivity index (χ0) is 12.3. The minimum atomic E-state index is -3.07. The molecule has 0 aliphatic carbocycles. The predicted molar refractivity (Wildman–Crippen MR) is 47.3 cm³/mol. The van der Waals surface area contributed by atoms with Crippen LogP contribution in [0.25, 0.3) is 0 Å². The molecule has 0 aliphatic rings. The van der Waals surface area contributed by atoms with Crippen LogP contribution in [0.15, 0.2) is 12.1 Å². The Balaban J connectivity index is 3.31. The van der Waals surface area contributed by atoms with Crippen LogP contribution in [0.5, 0.6) is 0 Å². The summed E-state index contributed by atoms with van der Waals surface area (Å²) >= 11 is 0. The molecule has 0 aliphatic heterocycles. The molecule has 0 heterocycles. The molecule has 0 N–H and O–H groups in total. The summed E-state index contributed by atoms with van der Waals surface area (Å²) < 4.78 is 55.2. The Labute approximate surface area is 88.8 Å². The fraction of sp³-hybridized carbons (Fsp3) is 0.300. The molecule has 1 rings (SSSR count). The molecule has 0 spiro atoms. The van der Waals surface area contributed by atoms with E-state index in [1.165, 1.54) is 6.92 Å². The molecule has 0 saturated carbocycles. The first-order chi connectivity index (χ1) is 7.49. The van der Waals surface area contributed by atoms with E-state index in [0.29, 0.717) is 12.1 Å². The molecular weight excluding hydrogens is 228 g/mol. The van der Waals surface area contributed by atoms with E-state index in [1.54, 1.807) is 0 Å². The van der Waals surface area contributed by atoms with Gasteiger partial charge in [0.15, 0.2) is 11.6 Å². The van der Waals surface area contributed by atoms with Crippen LogP contribution in [0.3, 0.4) is 0 Å². The van der Waals surface area contributed by atoms with Gasteiger partial charge in [-0.2, -0.15) is 0 Å². The topological polar surface area (TPSA) is 26.3 Å². The van der Waals surface area contributed by atoms with Gasteiger partial charge in [0, 0.05) is 5.56 Å². The number of hydrogen-bond donors (Lipinski definition) is 0. The lowest BCUT2D eigenvalue weighted by Gasteiger charge is -2.09. The number of hydrogen-bond acceptors (Lipinski definition) is 2. The highest BCUT2D eigenvalue weighted by Gasteiger charge is 2.25. The summed E-state index contributed by atoms with van der Waals surface area (Å²) in [6, 6.07) is 1.20. The van der Waals surface area contributed by atoms with Gasteiger partial charge in [-0.1, -0.05) is 0 Å². The molecule has 0 radical (unpaired) electrons. The van der Waals surface area contributed by atoms with Crippen molar-refractivity contribution in [1.82, 2.24) is 0 Å². The number of carbonyl (C=O) groups is 1. The molecule has 0 saturated heterocycles. The second-order valence-corrected chi connectivity index (χ2v) is 2.85. The summed E-state index contributed by atoms with van der Waals surface area (Å²) in [5.41, 5.74) is -1.92. The summed E-state index contributed by atoms with van der Waals surface area (Å²) in [6.45, 7) is 1.31. The summed E-state index contributed by atoms with van der Waals surface area (Å²) in [7, 11) is 0. The molecule has 0 unspecified atom stereocenters. The van der Waals surface area contributed by atoms with Crippen LogP contribution < -0.4 is 0 Å². The first kappa shape index (κ1) is 12.5. The Morgan fingerprint density at radius 1 is 1.38 bits per heavy atom. The minimum Gasteiger partial charge on any atom is -0.462 e. The Morgan fingerprint density at radius 2 is 2.00 bits per heavy atom. The Morgan fingerprint density at radius 3 is 2.50 bits per heavy atom. The average molecular weight is 236 g/mol. The number of rotatable bonds is 3. The van der Waals surface area contributed by atoms with Crippen molar-refractivity contribution in [3.8, 4) is 0 Å². The monoisotopic (exact) mass is 236 g/mol. The van der Waals surface area contributed by atoms with Gasteiger partial charge in [-0.05, 0) is 19.1 Å². The second kappa shape index (κ2) is 4.96. The highest BCUT2D eigenvalue weighted by molar-refractivity contribution is 5.91. The summed E-state index contributed by atoms with van der Waals surface area (Å²) in [5, 5.41) is 0. The van der Waals surface area contributed by atoms with Gasteiger partial charge >= 0.3 is 5.97 Å². The number of carbonyl (C=O) groups excluding carboxylic acids is 1. The average Bonchev–Trinajstić information content (AvgIpc) is 2.21. The van der Waals surface area contributed by atoms with Crippen LogP contribution in [0.2, 0.25) is 0 Å². The third-order valence-electron chi connectivity index (χ3n) is 1.84. The lowest BCUT2D eigenvalue weighted by atomic mass is 10.1. The Bertz CT molecular complexity index is 404. The van der Waals surface area contributed by atoms with Gasteiger partial charge in [0.1, 0.15) is 5.56 Å². The molecule has 16 heavy (non-hydrogen) atoms. The normalized spacial score (nSPS) is 10.6. The van der Waals surface area contributed by atoms with E-state index in [9.17, 15) is 22.4 Å². The van der Waals surface area contributed by atoms with Crippen molar-refractivity contribution in [2.75, 3.05) is 6.61 Å². The van der Waals surface area contributed by atoms with Crippen LogP contribution in [-0.4, -0.2) is 12.6 Å². The lowest BCUT2D eigenvalue weighted by Crippen LogP contribution is -2.12. The quantitative estimate of drug-likeness (QED) is 0.595. The van der Waals surface area contributed by atoms with Gasteiger partial charge in [0.05, 0.1) is 6.61 Å². The number of benzene rings is 1. The lowest BCUT2D eigenvalue weighted by molar-refractivity contribution is 0.0508. The van der Waals surface area contributed by atoms with E-state index in [1.807, 2.05) is 0 Å². The maximum atomic E-state index is 13.2. The molecule has 88 valence electrons. The first-order valence-electron chi connectivity index (χ1n) is 4.42. The van der Waals surface area contributed by atoms with E-state index in [4.69, 9.17) is 0 Å². The summed E-state index contributed by atoms with van der Waals surface area (Å²) in [4.78, 5) is 11.2. The van der Waals surface area contributed by atoms with E-state index in [0.717, 1.165) is 0 Å². The van der Waals surface area contributed by atoms with Crippen molar-refractivity contribution in [1.29, 1.82) is 0 Å². The van der Waals surface area contributed by atoms with Crippen LogP contribution in [-0.2, 0) is 4.74 Å². The third-order valence-corrected chi connectivity index (χ3v) is 1.84. The van der Waals surface area contributed by atoms with Crippen LogP contribution in [0, 0.1) is 11.6 Å². The molecule has 0 bridgehead atoms. The van der Waals surface area contributed by atoms with Crippen molar-refractivity contribution in [2.24, 2.45) is 0 Å². The fourth-order valence-corrected chi connectivity index (χ4v) is 1.16. The SMILES string of the molecule is CCOC(=O)c1c(C(F)F)ccc(F)c1F. The Kier molecular flexibility index (Phi) is 3.87. The largest absolute Gasteiger partial charge is 0.462 e. The van der Waals surface area contributed by atoms with Crippen molar-refractivity contribution < 1.29 is 27.1 Å². The molecule has 0 atom stereocenters. The molecule has 1 aromatic carbocycles. The van der Waals surface area contributed by atoms with Gasteiger partial charge in [-0.3, -0.25) is 0 Å². The number of ether oxygens (including phenoxy) is 1. The highest BCUT2D eigenvalue weighted by Crippen LogP contribution is 2.27. The summed E-state index contributed by atoms with van der Waals surface area (Å²) in [5.74, 6) is -4.28. The molecular formula is C10H8F4O2. The maximum absolute atomic E-state index is 13.2. The van der Waals surface area contributed by atoms with Gasteiger partial charge in [0.2, 0.25) is 0 Å². The van der Waals surface area contributed by atoms with E-state index in [2.05, 4.69) is 4.74 Å². The van der Waals surface area contributed by atoms with Gasteiger partial charge in [-0.15, -0.1) is 0 Å². The second-order valence-electron chi connectivity index (χ2n) is 2.85. The number of halogens is 4. The van der Waals surface area contributed by atoms with Crippen LogP contribution >= 0.6 is 0 Å². The first-order valence-corrected chi connectivity index (χ1v) is 4.42. The number of esters is 1. The third kappa shape index (κ3) is 2.32. The number of alkyl halides is 2. The smallest absolute Gasteiger partial charge is 0.341 e. The predicted octanol–water partition coefficient (Wildman–Crippen LogP) is 3.08. The van der Waals surface area contributed by atoms with Crippen molar-refractivity contribution >= 4 is 5.97 Å². The van der Waals surface area contributed by atoms with E-state index >= 15 is 0 Å². The van der Waals surface area contributed by atoms with E-state index in [-0.39, 0.29) is 6.61 Å². The molecule has 6 heteroatoms. The summed E-state index contributed by atoms with van der Waals surface area (Å²) in [6.07, 6.45) is -3.07.